The molecular formula is C14H13ClF2N2O. The zero-order valence-electron chi connectivity index (χ0n) is 10.7. The van der Waals surface area contributed by atoms with Crippen LogP contribution in [-0.2, 0) is 0 Å². The molecular weight excluding hydrogens is 286 g/mol. The molecule has 0 aliphatic rings. The Morgan fingerprint density at radius 1 is 1.25 bits per heavy atom. The Hall–Kier alpha value is -1.69. The molecule has 3 N–H and O–H groups in total. The van der Waals surface area contributed by atoms with Gasteiger partial charge >= 0.3 is 0 Å². The van der Waals surface area contributed by atoms with Crippen molar-refractivity contribution in [2.45, 2.75) is 6.04 Å². The van der Waals surface area contributed by atoms with Crippen molar-refractivity contribution in [1.82, 2.24) is 5.43 Å². The molecule has 0 spiro atoms. The second kappa shape index (κ2) is 6.17. The lowest BCUT2D eigenvalue weighted by Gasteiger charge is -2.19. The molecule has 3 nitrogen and oxygen atoms in total. The lowest BCUT2D eigenvalue weighted by atomic mass is 9.98. The summed E-state index contributed by atoms with van der Waals surface area (Å²) in [6.45, 7) is 0. The number of hydrogen-bond donors (Lipinski definition) is 2. The van der Waals surface area contributed by atoms with Crippen LogP contribution in [0.4, 0.5) is 8.78 Å². The van der Waals surface area contributed by atoms with Crippen LogP contribution in [0.5, 0.6) is 5.75 Å². The molecule has 106 valence electrons. The first-order valence-corrected chi connectivity index (χ1v) is 6.19. The zero-order chi connectivity index (χ0) is 14.7. The number of ether oxygens (including phenoxy) is 1. The maximum Gasteiger partial charge on any atom is 0.170 e. The molecule has 2 aromatic carbocycles. The van der Waals surface area contributed by atoms with Crippen molar-refractivity contribution < 1.29 is 13.5 Å². The third-order valence-corrected chi connectivity index (χ3v) is 3.27. The van der Waals surface area contributed by atoms with Crippen LogP contribution < -0.4 is 16.0 Å². The highest BCUT2D eigenvalue weighted by atomic mass is 35.5. The largest absolute Gasteiger partial charge is 0.494 e. The normalized spacial score (nSPS) is 12.2. The minimum atomic E-state index is -0.711. The van der Waals surface area contributed by atoms with Gasteiger partial charge in [-0.25, -0.2) is 14.2 Å². The molecule has 0 heterocycles. The summed E-state index contributed by atoms with van der Waals surface area (Å²) in [4.78, 5) is 0. The van der Waals surface area contributed by atoms with Crippen LogP contribution in [0.2, 0.25) is 5.02 Å². The minimum absolute atomic E-state index is 0.00404. The molecule has 2 rings (SSSR count). The fourth-order valence-corrected chi connectivity index (χ4v) is 2.08. The van der Waals surface area contributed by atoms with Gasteiger partial charge in [0.05, 0.1) is 18.2 Å². The summed E-state index contributed by atoms with van der Waals surface area (Å²) < 4.78 is 32.7. The number of methoxy groups -OCH3 is 1. The Morgan fingerprint density at radius 2 is 2.00 bits per heavy atom. The average Bonchev–Trinajstić information content (AvgIpc) is 2.45. The fourth-order valence-electron chi connectivity index (χ4n) is 1.97. The molecule has 6 heteroatoms. The highest BCUT2D eigenvalue weighted by molar-refractivity contribution is 6.30. The highest BCUT2D eigenvalue weighted by Gasteiger charge is 2.20. The third-order valence-electron chi connectivity index (χ3n) is 2.97. The third kappa shape index (κ3) is 2.75. The van der Waals surface area contributed by atoms with Gasteiger partial charge in [0.1, 0.15) is 5.82 Å². The second-order valence-corrected chi connectivity index (χ2v) is 4.54. The van der Waals surface area contributed by atoms with E-state index in [1.807, 2.05) is 0 Å². The first-order valence-electron chi connectivity index (χ1n) is 5.82. The number of hydrazine groups is 1. The van der Waals surface area contributed by atoms with E-state index < -0.39 is 17.7 Å². The summed E-state index contributed by atoms with van der Waals surface area (Å²) in [7, 11) is 1.37. The van der Waals surface area contributed by atoms with E-state index in [1.54, 1.807) is 18.2 Å². The molecule has 0 radical (unpaired) electrons. The lowest BCUT2D eigenvalue weighted by Crippen LogP contribution is -2.29. The molecule has 0 saturated carbocycles. The van der Waals surface area contributed by atoms with Gasteiger partial charge in [0.25, 0.3) is 0 Å². The minimum Gasteiger partial charge on any atom is -0.494 e. The number of nitrogens with one attached hydrogen (secondary N) is 1. The van der Waals surface area contributed by atoms with E-state index >= 15 is 0 Å². The van der Waals surface area contributed by atoms with Crippen LogP contribution in [0.25, 0.3) is 0 Å². The number of benzene rings is 2. The smallest absolute Gasteiger partial charge is 0.170 e. The number of hydrogen-bond acceptors (Lipinski definition) is 3. The lowest BCUT2D eigenvalue weighted by molar-refractivity contribution is 0.381. The van der Waals surface area contributed by atoms with E-state index in [-0.39, 0.29) is 16.3 Å². The molecule has 1 atom stereocenters. The highest BCUT2D eigenvalue weighted by Crippen LogP contribution is 2.30. The summed E-state index contributed by atoms with van der Waals surface area (Å²) in [5.41, 5.74) is 3.19. The zero-order valence-corrected chi connectivity index (χ0v) is 11.4. The van der Waals surface area contributed by atoms with Crippen molar-refractivity contribution in [2.75, 3.05) is 7.11 Å². The van der Waals surface area contributed by atoms with Crippen molar-refractivity contribution in [2.24, 2.45) is 5.84 Å². The van der Waals surface area contributed by atoms with Crippen LogP contribution >= 0.6 is 11.6 Å². The van der Waals surface area contributed by atoms with Crippen molar-refractivity contribution in [3.8, 4) is 5.75 Å². The SMILES string of the molecule is COc1cccc(C(NN)c2ccc(Cl)c(F)c2)c1F. The van der Waals surface area contributed by atoms with Crippen LogP contribution in [-0.4, -0.2) is 7.11 Å². The van der Waals surface area contributed by atoms with Crippen LogP contribution in [0.3, 0.4) is 0 Å². The summed E-state index contributed by atoms with van der Waals surface area (Å²) in [5.74, 6) is 4.43. The monoisotopic (exact) mass is 298 g/mol. The van der Waals surface area contributed by atoms with Gasteiger partial charge in [-0.2, -0.15) is 0 Å². The molecule has 0 aliphatic heterocycles. The molecule has 0 bridgehead atoms. The summed E-state index contributed by atoms with van der Waals surface area (Å²) in [6.07, 6.45) is 0. The van der Waals surface area contributed by atoms with Gasteiger partial charge in [-0.3, -0.25) is 5.84 Å². The number of halogens is 3. The molecule has 0 aromatic heterocycles. The first kappa shape index (κ1) is 14.7. The van der Waals surface area contributed by atoms with Crippen molar-refractivity contribution in [3.63, 3.8) is 0 Å². The Balaban J connectivity index is 2.49. The standard InChI is InChI=1S/C14H13ClF2N2O/c1-20-12-4-2-3-9(13(12)17)14(19-18)8-5-6-10(15)11(16)7-8/h2-7,14,19H,18H2,1H3. The van der Waals surface area contributed by atoms with Crippen molar-refractivity contribution >= 4 is 11.6 Å². The van der Waals surface area contributed by atoms with Crippen LogP contribution in [0.1, 0.15) is 17.2 Å². The van der Waals surface area contributed by atoms with E-state index in [9.17, 15) is 8.78 Å². The van der Waals surface area contributed by atoms with Gasteiger partial charge in [0.2, 0.25) is 0 Å². The van der Waals surface area contributed by atoms with E-state index in [4.69, 9.17) is 22.2 Å². The quantitative estimate of drug-likeness (QED) is 0.673. The van der Waals surface area contributed by atoms with E-state index in [2.05, 4.69) is 5.43 Å². The second-order valence-electron chi connectivity index (χ2n) is 4.14. The molecule has 0 amide bonds. The number of rotatable bonds is 4. The molecule has 0 fully saturated rings. The molecule has 0 saturated heterocycles. The number of nitrogens with two attached hydrogens (primary N) is 1. The predicted octanol–water partition coefficient (Wildman–Crippen LogP) is 3.18. The van der Waals surface area contributed by atoms with Crippen LogP contribution in [0.15, 0.2) is 36.4 Å². The molecule has 0 aliphatic carbocycles. The molecule has 1 unspecified atom stereocenters. The summed E-state index contributed by atoms with van der Waals surface area (Å²) in [5, 5.41) is -0.00404. The van der Waals surface area contributed by atoms with Crippen molar-refractivity contribution in [3.05, 3.63) is 64.2 Å². The van der Waals surface area contributed by atoms with Gasteiger partial charge in [-0.15, -0.1) is 0 Å². The van der Waals surface area contributed by atoms with Gasteiger partial charge in [-0.1, -0.05) is 29.8 Å². The predicted molar refractivity (Wildman–Crippen MR) is 73.5 cm³/mol. The van der Waals surface area contributed by atoms with Gasteiger partial charge in [0.15, 0.2) is 11.6 Å². The Morgan fingerprint density at radius 3 is 2.60 bits per heavy atom. The first-order chi connectivity index (χ1) is 9.58. The van der Waals surface area contributed by atoms with Gasteiger partial charge in [-0.05, 0) is 23.8 Å². The fraction of sp³-hybridized carbons (Fsp3) is 0.143. The maximum absolute atomic E-state index is 14.2. The van der Waals surface area contributed by atoms with E-state index in [0.717, 1.165) is 0 Å². The Labute approximate surface area is 120 Å². The summed E-state index contributed by atoms with van der Waals surface area (Å²) in [6, 6.07) is 8.16. The van der Waals surface area contributed by atoms with E-state index in [0.29, 0.717) is 5.56 Å². The van der Waals surface area contributed by atoms with Gasteiger partial charge < -0.3 is 4.74 Å². The summed E-state index contributed by atoms with van der Waals surface area (Å²) >= 11 is 5.63. The van der Waals surface area contributed by atoms with Crippen molar-refractivity contribution in [1.29, 1.82) is 0 Å². The molecule has 20 heavy (non-hydrogen) atoms. The Kier molecular flexibility index (Phi) is 4.54. The van der Waals surface area contributed by atoms with Crippen LogP contribution in [0, 0.1) is 11.6 Å². The topological polar surface area (TPSA) is 47.3 Å². The van der Waals surface area contributed by atoms with E-state index in [1.165, 1.54) is 25.3 Å². The Bertz CT molecular complexity index is 622. The average molecular weight is 299 g/mol. The maximum atomic E-state index is 14.2. The van der Waals surface area contributed by atoms with Gasteiger partial charge in [0, 0.05) is 5.56 Å². The molecule has 2 aromatic rings.